The van der Waals surface area contributed by atoms with Crippen molar-refractivity contribution in [1.29, 1.82) is 0 Å². The topological polar surface area (TPSA) is 71.8 Å². The number of hydrogen-bond acceptors (Lipinski definition) is 3. The van der Waals surface area contributed by atoms with Gasteiger partial charge in [0.15, 0.2) is 5.78 Å². The lowest BCUT2D eigenvalue weighted by Gasteiger charge is -1.98. The summed E-state index contributed by atoms with van der Waals surface area (Å²) in [6, 6.07) is -0.458. The van der Waals surface area contributed by atoms with Crippen LogP contribution >= 0.6 is 0 Å². The van der Waals surface area contributed by atoms with Crippen molar-refractivity contribution in [2.45, 2.75) is 13.0 Å². The van der Waals surface area contributed by atoms with Crippen LogP contribution in [0.1, 0.15) is 17.4 Å². The van der Waals surface area contributed by atoms with Crippen LogP contribution in [-0.2, 0) is 0 Å². The van der Waals surface area contributed by atoms with E-state index in [2.05, 4.69) is 9.97 Å². The Kier molecular flexibility index (Phi) is 1.82. The summed E-state index contributed by atoms with van der Waals surface area (Å²) in [6.07, 6.45) is 2.92. The number of nitrogens with one attached hydrogen (secondary N) is 1. The van der Waals surface area contributed by atoms with Crippen LogP contribution in [0.25, 0.3) is 0 Å². The Morgan fingerprint density at radius 1 is 1.90 bits per heavy atom. The molecule has 0 aliphatic heterocycles. The van der Waals surface area contributed by atoms with E-state index in [1.165, 1.54) is 12.5 Å². The standard InChI is InChI=1S/C6H9N3O/c1-4(7)6(10)5-2-8-3-9-5/h2-4H,7H2,1H3,(H,8,9). The number of aromatic amines is 1. The van der Waals surface area contributed by atoms with Crippen LogP contribution in [0.5, 0.6) is 0 Å². The molecule has 0 amide bonds. The Bertz CT molecular complexity index is 215. The summed E-state index contributed by atoms with van der Waals surface area (Å²) in [4.78, 5) is 17.4. The van der Waals surface area contributed by atoms with E-state index in [1.54, 1.807) is 6.92 Å². The number of carbonyl (C=O) groups is 1. The Balaban J connectivity index is 2.78. The fraction of sp³-hybridized carbons (Fsp3) is 0.333. The minimum Gasteiger partial charge on any atom is -0.342 e. The number of aromatic nitrogens is 2. The second kappa shape index (κ2) is 2.62. The van der Waals surface area contributed by atoms with Gasteiger partial charge >= 0.3 is 0 Å². The lowest BCUT2D eigenvalue weighted by molar-refractivity contribution is 0.0963. The van der Waals surface area contributed by atoms with Gasteiger partial charge in [-0.25, -0.2) is 4.98 Å². The van der Waals surface area contributed by atoms with E-state index >= 15 is 0 Å². The molecule has 1 aromatic heterocycles. The van der Waals surface area contributed by atoms with E-state index in [1.807, 2.05) is 0 Å². The van der Waals surface area contributed by atoms with Gasteiger partial charge in [-0.05, 0) is 6.92 Å². The largest absolute Gasteiger partial charge is 0.342 e. The molecule has 1 heterocycles. The molecule has 0 spiro atoms. The molecule has 0 saturated carbocycles. The maximum absolute atomic E-state index is 11.0. The van der Waals surface area contributed by atoms with Crippen molar-refractivity contribution >= 4 is 5.78 Å². The quantitative estimate of drug-likeness (QED) is 0.564. The third-order valence-electron chi connectivity index (χ3n) is 1.18. The molecule has 0 aromatic carbocycles. The number of carbonyl (C=O) groups excluding carboxylic acids is 1. The first kappa shape index (κ1) is 6.95. The van der Waals surface area contributed by atoms with Crippen LogP contribution in [0, 0.1) is 0 Å². The average Bonchev–Trinajstić information content (AvgIpc) is 2.36. The highest BCUT2D eigenvalue weighted by atomic mass is 16.1. The molecule has 0 saturated heterocycles. The van der Waals surface area contributed by atoms with Gasteiger partial charge in [0.1, 0.15) is 5.69 Å². The Hall–Kier alpha value is -1.16. The number of nitrogens with zero attached hydrogens (tertiary/aromatic N) is 1. The minimum atomic E-state index is -0.458. The molecular formula is C6H9N3O. The Morgan fingerprint density at radius 2 is 2.60 bits per heavy atom. The van der Waals surface area contributed by atoms with Crippen LogP contribution in [0.4, 0.5) is 0 Å². The highest BCUT2D eigenvalue weighted by Gasteiger charge is 2.10. The maximum Gasteiger partial charge on any atom is 0.196 e. The number of ketones is 1. The zero-order chi connectivity index (χ0) is 7.56. The normalized spacial score (nSPS) is 13.0. The monoisotopic (exact) mass is 139 g/mol. The molecule has 4 heteroatoms. The number of imidazole rings is 1. The molecule has 1 atom stereocenters. The fourth-order valence-electron chi connectivity index (χ4n) is 0.636. The highest BCUT2D eigenvalue weighted by Crippen LogP contribution is 1.94. The first-order chi connectivity index (χ1) is 4.72. The van der Waals surface area contributed by atoms with Crippen molar-refractivity contribution in [3.8, 4) is 0 Å². The molecule has 3 N–H and O–H groups in total. The summed E-state index contributed by atoms with van der Waals surface area (Å²) in [6.45, 7) is 1.64. The second-order valence-corrected chi connectivity index (χ2v) is 2.12. The molecule has 54 valence electrons. The lowest BCUT2D eigenvalue weighted by atomic mass is 10.2. The van der Waals surface area contributed by atoms with Gasteiger partial charge in [-0.2, -0.15) is 0 Å². The van der Waals surface area contributed by atoms with Gasteiger partial charge < -0.3 is 10.7 Å². The van der Waals surface area contributed by atoms with Gasteiger partial charge in [-0.3, -0.25) is 4.79 Å². The van der Waals surface area contributed by atoms with Crippen molar-refractivity contribution in [1.82, 2.24) is 9.97 Å². The van der Waals surface area contributed by atoms with Gasteiger partial charge in [0, 0.05) is 0 Å². The first-order valence-corrected chi connectivity index (χ1v) is 3.00. The third kappa shape index (κ3) is 1.22. The number of nitrogens with two attached hydrogens (primary N) is 1. The minimum absolute atomic E-state index is 0.113. The van der Waals surface area contributed by atoms with Crippen molar-refractivity contribution in [2.24, 2.45) is 5.73 Å². The zero-order valence-electron chi connectivity index (χ0n) is 5.66. The third-order valence-corrected chi connectivity index (χ3v) is 1.18. The van der Waals surface area contributed by atoms with Gasteiger partial charge in [0.2, 0.25) is 0 Å². The molecular weight excluding hydrogens is 130 g/mol. The molecule has 10 heavy (non-hydrogen) atoms. The van der Waals surface area contributed by atoms with Crippen LogP contribution in [0.2, 0.25) is 0 Å². The summed E-state index contributed by atoms with van der Waals surface area (Å²) >= 11 is 0. The van der Waals surface area contributed by atoms with E-state index in [0.717, 1.165) is 0 Å². The van der Waals surface area contributed by atoms with Crippen molar-refractivity contribution < 1.29 is 4.79 Å². The SMILES string of the molecule is CC(N)C(=O)c1cnc[nH]1. The summed E-state index contributed by atoms with van der Waals surface area (Å²) < 4.78 is 0. The summed E-state index contributed by atoms with van der Waals surface area (Å²) in [7, 11) is 0. The molecule has 0 fully saturated rings. The smallest absolute Gasteiger partial charge is 0.196 e. The summed E-state index contributed by atoms with van der Waals surface area (Å²) in [5.41, 5.74) is 5.80. The molecule has 0 bridgehead atoms. The van der Waals surface area contributed by atoms with Crippen LogP contribution < -0.4 is 5.73 Å². The molecule has 0 radical (unpaired) electrons. The van der Waals surface area contributed by atoms with Crippen LogP contribution in [0.15, 0.2) is 12.5 Å². The fourth-order valence-corrected chi connectivity index (χ4v) is 0.636. The molecule has 0 aliphatic carbocycles. The summed E-state index contributed by atoms with van der Waals surface area (Å²) in [5.74, 6) is -0.113. The van der Waals surface area contributed by atoms with E-state index in [9.17, 15) is 4.79 Å². The van der Waals surface area contributed by atoms with Gasteiger partial charge in [-0.15, -0.1) is 0 Å². The maximum atomic E-state index is 11.0. The van der Waals surface area contributed by atoms with Crippen LogP contribution in [-0.4, -0.2) is 21.8 Å². The first-order valence-electron chi connectivity index (χ1n) is 3.00. The molecule has 1 unspecified atom stereocenters. The lowest BCUT2D eigenvalue weighted by Crippen LogP contribution is -2.26. The predicted molar refractivity (Wildman–Crippen MR) is 36.6 cm³/mol. The number of H-pyrrole nitrogens is 1. The number of Topliss-reactive ketones (excluding diaryl/α,β-unsaturated/α-hetero) is 1. The van der Waals surface area contributed by atoms with Crippen molar-refractivity contribution in [2.75, 3.05) is 0 Å². The van der Waals surface area contributed by atoms with E-state index in [4.69, 9.17) is 5.73 Å². The van der Waals surface area contributed by atoms with Crippen LogP contribution in [0.3, 0.4) is 0 Å². The average molecular weight is 139 g/mol. The van der Waals surface area contributed by atoms with Gasteiger partial charge in [0.05, 0.1) is 18.6 Å². The van der Waals surface area contributed by atoms with E-state index < -0.39 is 6.04 Å². The van der Waals surface area contributed by atoms with Crippen molar-refractivity contribution in [3.05, 3.63) is 18.2 Å². The Morgan fingerprint density at radius 3 is 3.00 bits per heavy atom. The van der Waals surface area contributed by atoms with Gasteiger partial charge in [0.25, 0.3) is 0 Å². The van der Waals surface area contributed by atoms with E-state index in [-0.39, 0.29) is 5.78 Å². The predicted octanol–water partition coefficient (Wildman–Crippen LogP) is -0.0604. The Labute approximate surface area is 58.5 Å². The molecule has 0 aliphatic rings. The zero-order valence-corrected chi connectivity index (χ0v) is 5.66. The number of rotatable bonds is 2. The van der Waals surface area contributed by atoms with Crippen molar-refractivity contribution in [3.63, 3.8) is 0 Å². The number of hydrogen-bond donors (Lipinski definition) is 2. The summed E-state index contributed by atoms with van der Waals surface area (Å²) in [5, 5.41) is 0. The van der Waals surface area contributed by atoms with E-state index in [0.29, 0.717) is 5.69 Å². The highest BCUT2D eigenvalue weighted by molar-refractivity contribution is 5.97. The molecule has 4 nitrogen and oxygen atoms in total. The second-order valence-electron chi connectivity index (χ2n) is 2.12. The molecule has 1 rings (SSSR count). The van der Waals surface area contributed by atoms with Gasteiger partial charge in [-0.1, -0.05) is 0 Å². The molecule has 1 aromatic rings.